The van der Waals surface area contributed by atoms with Gasteiger partial charge >= 0.3 is 5.97 Å². The highest BCUT2D eigenvalue weighted by Gasteiger charge is 2.28. The van der Waals surface area contributed by atoms with Gasteiger partial charge in [-0.1, -0.05) is 0 Å². The highest BCUT2D eigenvalue weighted by Crippen LogP contribution is 2.22. The fraction of sp³-hybridized carbons (Fsp3) is 0.471. The number of benzene rings is 1. The molecule has 8 heteroatoms. The Labute approximate surface area is 145 Å². The Hall–Kier alpha value is -2.61. The summed E-state index contributed by atoms with van der Waals surface area (Å²) in [5, 5.41) is 11.1. The molecular formula is C17H21N3O5. The monoisotopic (exact) mass is 347 g/mol. The van der Waals surface area contributed by atoms with E-state index in [1.807, 2.05) is 29.2 Å². The Kier molecular flexibility index (Phi) is 5.18. The van der Waals surface area contributed by atoms with E-state index in [2.05, 4.69) is 10.2 Å². The topological polar surface area (TPSA) is 99.2 Å². The van der Waals surface area contributed by atoms with Crippen molar-refractivity contribution in [3.05, 3.63) is 24.3 Å². The van der Waals surface area contributed by atoms with Crippen LogP contribution in [0.25, 0.3) is 0 Å². The van der Waals surface area contributed by atoms with Gasteiger partial charge in [-0.05, 0) is 24.3 Å². The summed E-state index contributed by atoms with van der Waals surface area (Å²) in [6, 6.07) is 7.47. The van der Waals surface area contributed by atoms with Crippen molar-refractivity contribution in [3.8, 4) is 5.75 Å². The van der Waals surface area contributed by atoms with E-state index in [4.69, 9.17) is 9.84 Å². The minimum absolute atomic E-state index is 0.0760. The van der Waals surface area contributed by atoms with Crippen molar-refractivity contribution in [1.82, 2.24) is 10.2 Å². The largest absolute Gasteiger partial charge is 0.481 e. The second-order valence-corrected chi connectivity index (χ2v) is 6.21. The van der Waals surface area contributed by atoms with Crippen molar-refractivity contribution in [3.63, 3.8) is 0 Å². The number of piperazine rings is 1. The maximum atomic E-state index is 11.7. The van der Waals surface area contributed by atoms with Crippen molar-refractivity contribution in [2.45, 2.75) is 18.9 Å². The Morgan fingerprint density at radius 1 is 1.16 bits per heavy atom. The van der Waals surface area contributed by atoms with Crippen LogP contribution < -0.4 is 15.0 Å². The van der Waals surface area contributed by atoms with Crippen molar-refractivity contribution < 1.29 is 24.2 Å². The second-order valence-electron chi connectivity index (χ2n) is 6.21. The van der Waals surface area contributed by atoms with Crippen molar-refractivity contribution in [2.75, 3.05) is 37.6 Å². The SMILES string of the molecule is O=C(O)CN1CCN(c2ccc(O[C@H]3CCC(=O)NC3=O)cc2)CC1. The molecule has 0 saturated carbocycles. The number of nitrogens with zero attached hydrogens (tertiary/aromatic N) is 2. The summed E-state index contributed by atoms with van der Waals surface area (Å²) < 4.78 is 5.66. The molecule has 2 aliphatic rings. The van der Waals surface area contributed by atoms with Gasteiger partial charge in [0.25, 0.3) is 5.91 Å². The summed E-state index contributed by atoms with van der Waals surface area (Å²) in [5.74, 6) is -0.872. The molecule has 2 N–H and O–H groups in total. The van der Waals surface area contributed by atoms with Gasteiger partial charge in [-0.25, -0.2) is 0 Å². The van der Waals surface area contributed by atoms with E-state index in [0.717, 1.165) is 18.8 Å². The fourth-order valence-electron chi connectivity index (χ4n) is 3.04. The minimum atomic E-state index is -0.802. The molecule has 2 heterocycles. The Morgan fingerprint density at radius 3 is 2.44 bits per heavy atom. The number of carboxylic acid groups (broad SMARTS) is 1. The highest BCUT2D eigenvalue weighted by atomic mass is 16.5. The lowest BCUT2D eigenvalue weighted by Crippen LogP contribution is -2.48. The molecule has 0 radical (unpaired) electrons. The van der Waals surface area contributed by atoms with Crippen molar-refractivity contribution in [1.29, 1.82) is 0 Å². The van der Waals surface area contributed by atoms with Gasteiger partial charge < -0.3 is 14.7 Å². The molecule has 134 valence electrons. The first-order valence-corrected chi connectivity index (χ1v) is 8.31. The summed E-state index contributed by atoms with van der Waals surface area (Å²) >= 11 is 0. The number of aliphatic carboxylic acids is 1. The molecule has 8 nitrogen and oxygen atoms in total. The summed E-state index contributed by atoms with van der Waals surface area (Å²) in [4.78, 5) is 37.7. The molecule has 2 fully saturated rings. The molecule has 2 amide bonds. The summed E-state index contributed by atoms with van der Waals surface area (Å²) in [6.07, 6.45) is 0.0377. The third-order valence-corrected chi connectivity index (χ3v) is 4.40. The molecular weight excluding hydrogens is 326 g/mol. The van der Waals surface area contributed by atoms with Crippen LogP contribution in [0.3, 0.4) is 0 Å². The van der Waals surface area contributed by atoms with Crippen LogP contribution in [0.4, 0.5) is 5.69 Å². The summed E-state index contributed by atoms with van der Waals surface area (Å²) in [6.45, 7) is 3.02. The summed E-state index contributed by atoms with van der Waals surface area (Å²) in [7, 11) is 0. The van der Waals surface area contributed by atoms with Gasteiger partial charge in [0.15, 0.2) is 6.10 Å². The average Bonchev–Trinajstić information content (AvgIpc) is 2.58. The van der Waals surface area contributed by atoms with Gasteiger partial charge in [0.2, 0.25) is 5.91 Å². The average molecular weight is 347 g/mol. The normalized spacial score (nSPS) is 21.8. The molecule has 1 aromatic rings. The van der Waals surface area contributed by atoms with E-state index >= 15 is 0 Å². The van der Waals surface area contributed by atoms with E-state index in [1.165, 1.54) is 0 Å². The second kappa shape index (κ2) is 7.52. The molecule has 0 unspecified atom stereocenters. The minimum Gasteiger partial charge on any atom is -0.481 e. The third-order valence-electron chi connectivity index (χ3n) is 4.40. The van der Waals surface area contributed by atoms with Crippen LogP contribution in [0.1, 0.15) is 12.8 Å². The Morgan fingerprint density at radius 2 is 1.84 bits per heavy atom. The molecule has 1 atom stereocenters. The quantitative estimate of drug-likeness (QED) is 0.728. The first-order chi connectivity index (χ1) is 12.0. The van der Waals surface area contributed by atoms with E-state index in [1.54, 1.807) is 0 Å². The first kappa shape index (κ1) is 17.2. The molecule has 25 heavy (non-hydrogen) atoms. The number of amides is 2. The number of imide groups is 1. The van der Waals surface area contributed by atoms with E-state index in [-0.39, 0.29) is 18.9 Å². The number of carbonyl (C=O) groups is 3. The molecule has 2 saturated heterocycles. The lowest BCUT2D eigenvalue weighted by atomic mass is 10.1. The predicted octanol–water partition coefficient (Wildman–Crippen LogP) is 0.0772. The number of rotatable bonds is 5. The zero-order chi connectivity index (χ0) is 17.8. The van der Waals surface area contributed by atoms with E-state index < -0.39 is 18.0 Å². The van der Waals surface area contributed by atoms with Crippen LogP contribution in [-0.4, -0.2) is 66.6 Å². The molecule has 0 bridgehead atoms. The highest BCUT2D eigenvalue weighted by molar-refractivity contribution is 5.99. The zero-order valence-electron chi connectivity index (χ0n) is 13.8. The number of carbonyl (C=O) groups excluding carboxylic acids is 2. The fourth-order valence-corrected chi connectivity index (χ4v) is 3.04. The molecule has 0 aromatic heterocycles. The lowest BCUT2D eigenvalue weighted by Gasteiger charge is -2.35. The molecule has 1 aromatic carbocycles. The Bertz CT molecular complexity index is 653. The van der Waals surface area contributed by atoms with Gasteiger partial charge in [0, 0.05) is 44.7 Å². The molecule has 3 rings (SSSR count). The van der Waals surface area contributed by atoms with Gasteiger partial charge in [0.05, 0.1) is 6.54 Å². The van der Waals surface area contributed by atoms with Gasteiger partial charge in [-0.3, -0.25) is 24.6 Å². The van der Waals surface area contributed by atoms with Crippen LogP contribution in [0.2, 0.25) is 0 Å². The number of anilines is 1. The third kappa shape index (κ3) is 4.48. The van der Waals surface area contributed by atoms with Gasteiger partial charge in [-0.2, -0.15) is 0 Å². The first-order valence-electron chi connectivity index (χ1n) is 8.31. The number of nitrogens with one attached hydrogen (secondary N) is 1. The number of ether oxygens (including phenoxy) is 1. The van der Waals surface area contributed by atoms with Gasteiger partial charge in [-0.15, -0.1) is 0 Å². The van der Waals surface area contributed by atoms with Crippen LogP contribution in [0.5, 0.6) is 5.75 Å². The number of piperidine rings is 1. The number of hydrogen-bond acceptors (Lipinski definition) is 6. The smallest absolute Gasteiger partial charge is 0.317 e. The zero-order valence-corrected chi connectivity index (χ0v) is 13.8. The van der Waals surface area contributed by atoms with E-state index in [9.17, 15) is 14.4 Å². The predicted molar refractivity (Wildman–Crippen MR) is 89.5 cm³/mol. The molecule has 2 aliphatic heterocycles. The molecule has 0 aliphatic carbocycles. The standard InChI is InChI=1S/C17H21N3O5/c21-15-6-5-14(17(24)18-15)25-13-3-1-12(2-4-13)20-9-7-19(8-10-20)11-16(22)23/h1-4,14H,5-11H2,(H,22,23)(H,18,21,24)/t14-/m0/s1. The van der Waals surface area contributed by atoms with Crippen LogP contribution in [-0.2, 0) is 14.4 Å². The van der Waals surface area contributed by atoms with Crippen molar-refractivity contribution in [2.24, 2.45) is 0 Å². The van der Waals surface area contributed by atoms with Gasteiger partial charge in [0.1, 0.15) is 5.75 Å². The van der Waals surface area contributed by atoms with Crippen LogP contribution >= 0.6 is 0 Å². The Balaban J connectivity index is 1.53. The van der Waals surface area contributed by atoms with E-state index in [0.29, 0.717) is 25.3 Å². The molecule has 0 spiro atoms. The summed E-state index contributed by atoms with van der Waals surface area (Å²) in [5.41, 5.74) is 1.03. The lowest BCUT2D eigenvalue weighted by molar-refractivity contribution is -0.139. The van der Waals surface area contributed by atoms with Crippen LogP contribution in [0, 0.1) is 0 Å². The maximum Gasteiger partial charge on any atom is 0.317 e. The maximum absolute atomic E-state index is 11.7. The van der Waals surface area contributed by atoms with Crippen molar-refractivity contribution >= 4 is 23.5 Å². The number of hydrogen-bond donors (Lipinski definition) is 2. The van der Waals surface area contributed by atoms with Crippen LogP contribution in [0.15, 0.2) is 24.3 Å². The number of carboxylic acids is 1.